The van der Waals surface area contributed by atoms with Gasteiger partial charge in [0.05, 0.1) is 84.3 Å². The molecule has 22 nitrogen and oxygen atoms in total. The Bertz CT molecular complexity index is 3010. The van der Waals surface area contributed by atoms with Crippen LogP contribution in [0.2, 0.25) is 0 Å². The molecule has 6 aromatic heterocycles. The van der Waals surface area contributed by atoms with Gasteiger partial charge in [0, 0.05) is 74.9 Å². The zero-order valence-corrected chi connectivity index (χ0v) is 38.4. The van der Waals surface area contributed by atoms with Gasteiger partial charge in [-0.2, -0.15) is 10.2 Å². The number of carbonyl (C=O) groups excluding carboxylic acids is 6. The maximum atomic E-state index is 13.3. The summed E-state index contributed by atoms with van der Waals surface area (Å²) in [6.07, 6.45) is 12.1. The lowest BCUT2D eigenvalue weighted by Crippen LogP contribution is -2.56. The van der Waals surface area contributed by atoms with Gasteiger partial charge in [-0.05, 0) is 38.1 Å². The maximum Gasteiger partial charge on any atom is 0.295 e. The summed E-state index contributed by atoms with van der Waals surface area (Å²) >= 11 is 0. The summed E-state index contributed by atoms with van der Waals surface area (Å²) in [6, 6.07) is 17.5. The number of ketones is 2. The fourth-order valence-corrected chi connectivity index (χ4v) is 8.75. The highest BCUT2D eigenvalue weighted by Crippen LogP contribution is 2.33. The van der Waals surface area contributed by atoms with Gasteiger partial charge in [0.25, 0.3) is 35.2 Å². The fourth-order valence-electron chi connectivity index (χ4n) is 8.75. The Balaban J connectivity index is 0.000000188. The number of ether oxygens (including phenoxy) is 2. The molecule has 0 spiro atoms. The molecule has 0 radical (unpaired) electrons. The monoisotopic (exact) mass is 962 g/mol. The highest BCUT2D eigenvalue weighted by molar-refractivity contribution is 6.46. The van der Waals surface area contributed by atoms with Crippen LogP contribution in [0.5, 0.6) is 11.5 Å². The van der Waals surface area contributed by atoms with Crippen LogP contribution < -0.4 is 9.47 Å². The predicted octanol–water partition coefficient (Wildman–Crippen LogP) is 4.05. The number of piperazine rings is 2. The van der Waals surface area contributed by atoms with Gasteiger partial charge in [-0.25, -0.2) is 14.6 Å². The van der Waals surface area contributed by atoms with E-state index < -0.39 is 23.4 Å². The summed E-state index contributed by atoms with van der Waals surface area (Å²) in [4.78, 5) is 101. The molecular formula is C49H50N14O8. The van der Waals surface area contributed by atoms with E-state index in [4.69, 9.17) is 9.47 Å². The minimum atomic E-state index is -0.671. The number of rotatable bonds is 10. The molecule has 8 aromatic rings. The van der Waals surface area contributed by atoms with Crippen LogP contribution in [0.15, 0.2) is 110 Å². The highest BCUT2D eigenvalue weighted by atomic mass is 16.5. The van der Waals surface area contributed by atoms with E-state index in [1.54, 1.807) is 40.3 Å². The molecule has 2 aliphatic rings. The van der Waals surface area contributed by atoms with E-state index in [9.17, 15) is 28.8 Å². The first-order chi connectivity index (χ1) is 34.0. The van der Waals surface area contributed by atoms with E-state index in [1.807, 2.05) is 50.2 Å². The zero-order chi connectivity index (χ0) is 49.1. The van der Waals surface area contributed by atoms with Gasteiger partial charge in [-0.1, -0.05) is 49.0 Å². The molecule has 2 saturated heterocycles. The Morgan fingerprint density at radius 1 is 0.606 bits per heavy atom. The first-order valence-corrected chi connectivity index (χ1v) is 22.2. The molecule has 2 fully saturated rings. The topological polar surface area (TPSA) is 253 Å². The van der Waals surface area contributed by atoms with Gasteiger partial charge in [0.2, 0.25) is 0 Å². The molecule has 2 atom stereocenters. The molecular weight excluding hydrogens is 913 g/mol. The third-order valence-corrected chi connectivity index (χ3v) is 12.3. The Morgan fingerprint density at radius 2 is 1.06 bits per heavy atom. The van der Waals surface area contributed by atoms with Gasteiger partial charge >= 0.3 is 0 Å². The van der Waals surface area contributed by atoms with Crippen molar-refractivity contribution in [2.45, 2.75) is 33.4 Å². The van der Waals surface area contributed by atoms with E-state index >= 15 is 0 Å². The summed E-state index contributed by atoms with van der Waals surface area (Å²) in [6.45, 7) is 5.45. The number of aromatic amines is 2. The zero-order valence-electron chi connectivity index (χ0n) is 38.4. The molecule has 0 aliphatic carbocycles. The molecule has 4 amide bonds. The molecule has 0 bridgehead atoms. The van der Waals surface area contributed by atoms with Crippen molar-refractivity contribution in [3.05, 3.63) is 132 Å². The van der Waals surface area contributed by atoms with Gasteiger partial charge in [0.1, 0.15) is 11.5 Å². The lowest BCUT2D eigenvalue weighted by atomic mass is 10.1. The number of nitrogens with zero attached hydrogens (tertiary/aromatic N) is 12. The second-order valence-electron chi connectivity index (χ2n) is 16.5. The van der Waals surface area contributed by atoms with Gasteiger partial charge in [-0.3, -0.25) is 28.8 Å². The van der Waals surface area contributed by atoms with Crippen molar-refractivity contribution in [2.24, 2.45) is 0 Å². The third-order valence-electron chi connectivity index (χ3n) is 12.3. The molecule has 8 heterocycles. The number of hydrogen-bond acceptors (Lipinski definition) is 14. The molecule has 0 unspecified atom stereocenters. The molecule has 2 aliphatic heterocycles. The first kappa shape index (κ1) is 48.4. The van der Waals surface area contributed by atoms with Crippen LogP contribution in [-0.2, 0) is 9.59 Å². The standard InChI is InChI=1S/2C24H23N7O4.CH4/c1-15-14-29(10-11-30(15)23(33)16-6-4-3-5-7-16)24(34)21(32)17-12-25-20-19(17)18(35-2)13-26-22(20)31-9-8-27-28-31;1-15-14-29(10-11-30(15)23(33)16-6-4-3-5-7-16)24(34)21(32)17-12-25-20-19(17)18(35-2)13-26-22(20)31-27-8-9-28-31;/h2*3-9,12-13,15,25H,10-11,14H2,1-2H3;1H4/t2*15-;/m11./s1. The predicted molar refractivity (Wildman–Crippen MR) is 258 cm³/mol. The Kier molecular flexibility index (Phi) is 14.1. The number of benzene rings is 2. The number of nitrogens with one attached hydrogen (secondary N) is 2. The van der Waals surface area contributed by atoms with Crippen LogP contribution in [0.25, 0.3) is 33.4 Å². The summed E-state index contributed by atoms with van der Waals surface area (Å²) in [5, 5.41) is 16.8. The first-order valence-electron chi connectivity index (χ1n) is 22.2. The van der Waals surface area contributed by atoms with Crippen LogP contribution in [0, 0.1) is 0 Å². The van der Waals surface area contributed by atoms with E-state index in [2.05, 4.69) is 40.4 Å². The molecule has 71 heavy (non-hydrogen) atoms. The second kappa shape index (κ2) is 20.6. The number of hydrogen-bond donors (Lipinski definition) is 2. The van der Waals surface area contributed by atoms with Crippen molar-refractivity contribution < 1.29 is 38.2 Å². The van der Waals surface area contributed by atoms with Gasteiger partial charge < -0.3 is 39.0 Å². The van der Waals surface area contributed by atoms with Gasteiger partial charge in [-0.15, -0.1) is 9.90 Å². The number of methoxy groups -OCH3 is 2. The van der Waals surface area contributed by atoms with E-state index in [1.165, 1.54) is 76.9 Å². The highest BCUT2D eigenvalue weighted by Gasteiger charge is 2.36. The number of pyridine rings is 2. The Hall–Kier alpha value is -9.08. The fraction of sp³-hybridized carbons (Fsp3) is 0.265. The van der Waals surface area contributed by atoms with Crippen LogP contribution in [-0.4, -0.2) is 170 Å². The van der Waals surface area contributed by atoms with Gasteiger partial charge in [0.15, 0.2) is 11.6 Å². The Morgan fingerprint density at radius 3 is 1.48 bits per heavy atom. The lowest BCUT2D eigenvalue weighted by Gasteiger charge is -2.39. The van der Waals surface area contributed by atoms with Crippen molar-refractivity contribution in [1.82, 2.24) is 69.5 Å². The summed E-state index contributed by atoms with van der Waals surface area (Å²) in [5.74, 6) is -1.29. The largest absolute Gasteiger partial charge is 0.494 e. The lowest BCUT2D eigenvalue weighted by molar-refractivity contribution is -0.129. The van der Waals surface area contributed by atoms with Crippen LogP contribution in [0.1, 0.15) is 62.7 Å². The Labute approximate surface area is 406 Å². The maximum absolute atomic E-state index is 13.3. The van der Waals surface area contributed by atoms with Crippen LogP contribution in [0.3, 0.4) is 0 Å². The van der Waals surface area contributed by atoms with Crippen molar-refractivity contribution in [1.29, 1.82) is 0 Å². The van der Waals surface area contributed by atoms with Crippen LogP contribution in [0.4, 0.5) is 0 Å². The van der Waals surface area contributed by atoms with E-state index in [0.717, 1.165) is 0 Å². The van der Waals surface area contributed by atoms with Crippen molar-refractivity contribution >= 4 is 57.0 Å². The molecule has 364 valence electrons. The minimum absolute atomic E-state index is 0. The number of Topliss-reactive ketones (excluding diaryl/α,β-unsaturated/α-hetero) is 2. The summed E-state index contributed by atoms with van der Waals surface area (Å²) in [5.41, 5.74) is 2.52. The normalized spacial score (nSPS) is 15.7. The third kappa shape index (κ3) is 9.29. The summed E-state index contributed by atoms with van der Waals surface area (Å²) < 4.78 is 12.3. The van der Waals surface area contributed by atoms with Crippen molar-refractivity contribution in [2.75, 3.05) is 53.5 Å². The number of amides is 4. The second-order valence-corrected chi connectivity index (χ2v) is 16.5. The number of H-pyrrole nitrogens is 2. The summed E-state index contributed by atoms with van der Waals surface area (Å²) in [7, 11) is 2.94. The van der Waals surface area contributed by atoms with Crippen LogP contribution >= 0.6 is 0 Å². The van der Waals surface area contributed by atoms with E-state index in [-0.39, 0.29) is 68.6 Å². The number of fused-ring (bicyclic) bond motifs is 2. The molecule has 2 N–H and O–H groups in total. The minimum Gasteiger partial charge on any atom is -0.494 e. The molecule has 22 heteroatoms. The quantitative estimate of drug-likeness (QED) is 0.145. The number of carbonyl (C=O) groups is 6. The number of aromatic nitrogens is 10. The molecule has 2 aromatic carbocycles. The average molecular weight is 963 g/mol. The van der Waals surface area contributed by atoms with E-state index in [0.29, 0.717) is 69.2 Å². The van der Waals surface area contributed by atoms with Crippen molar-refractivity contribution in [3.8, 4) is 23.1 Å². The average Bonchev–Trinajstić information content (AvgIpc) is 4.26. The molecule has 0 saturated carbocycles. The smallest absolute Gasteiger partial charge is 0.295 e. The van der Waals surface area contributed by atoms with Crippen molar-refractivity contribution in [3.63, 3.8) is 0 Å². The SMILES string of the molecule is C.COc1cnc(-n2ccnn2)c2[nH]cc(C(=O)C(=O)N3CCN(C(=O)c4ccccc4)[C@H](C)C3)c12.COc1cnc(-n2nccn2)c2[nH]cc(C(=O)C(=O)N3CCN(C(=O)c4ccccc4)[C@H](C)C3)c12. The molecule has 10 rings (SSSR count).